The molecular weight excluding hydrogens is 326 g/mol. The summed E-state index contributed by atoms with van der Waals surface area (Å²) in [5.74, 6) is 1.41. The predicted molar refractivity (Wildman–Crippen MR) is 104 cm³/mol. The fraction of sp³-hybridized carbons (Fsp3) is 0.318. The Bertz CT molecular complexity index is 907. The summed E-state index contributed by atoms with van der Waals surface area (Å²) >= 11 is 0. The maximum Gasteiger partial charge on any atom is 0.197 e. The monoisotopic (exact) mass is 351 g/mol. The molecule has 0 aliphatic rings. The van der Waals surface area contributed by atoms with E-state index in [2.05, 4.69) is 4.90 Å². The summed E-state index contributed by atoms with van der Waals surface area (Å²) in [5.41, 5.74) is 3.13. The molecule has 3 rings (SSSR count). The van der Waals surface area contributed by atoms with Gasteiger partial charge < -0.3 is 14.1 Å². The molecule has 0 N–H and O–H groups in total. The molecule has 0 atom stereocenters. The average Bonchev–Trinajstić information content (AvgIpc) is 2.93. The summed E-state index contributed by atoms with van der Waals surface area (Å²) in [6.07, 6.45) is 0.966. The van der Waals surface area contributed by atoms with E-state index in [9.17, 15) is 4.79 Å². The number of carbonyl (C=O) groups is 1. The zero-order chi connectivity index (χ0) is 18.7. The Labute approximate surface area is 154 Å². The van der Waals surface area contributed by atoms with Crippen LogP contribution in [0, 0.1) is 13.8 Å². The maximum absolute atomic E-state index is 13.0. The molecule has 0 amide bonds. The highest BCUT2D eigenvalue weighted by molar-refractivity contribution is 6.16. The van der Waals surface area contributed by atoms with E-state index < -0.39 is 0 Å². The van der Waals surface area contributed by atoms with Crippen molar-refractivity contribution in [3.05, 3.63) is 64.9 Å². The minimum Gasteiger partial charge on any atom is -0.494 e. The van der Waals surface area contributed by atoms with Crippen molar-refractivity contribution in [2.24, 2.45) is 0 Å². The van der Waals surface area contributed by atoms with Gasteiger partial charge in [-0.2, -0.15) is 0 Å². The molecule has 2 aromatic carbocycles. The van der Waals surface area contributed by atoms with Crippen LogP contribution in [0.5, 0.6) is 5.75 Å². The summed E-state index contributed by atoms with van der Waals surface area (Å²) in [6, 6.07) is 13.2. The third kappa shape index (κ3) is 3.97. The zero-order valence-corrected chi connectivity index (χ0v) is 15.8. The standard InChI is InChI=1S/C22H25NO3/c1-15-6-11-20-19(14-15)21(16(2)26-20)22(24)17-7-9-18(10-8-17)25-13-5-12-23(3)4/h6-11,14H,5,12-13H2,1-4H3. The van der Waals surface area contributed by atoms with E-state index in [1.165, 1.54) is 0 Å². The first-order valence-corrected chi connectivity index (χ1v) is 8.88. The molecule has 26 heavy (non-hydrogen) atoms. The Morgan fingerprint density at radius 1 is 1.08 bits per heavy atom. The minimum atomic E-state index is -0.0222. The van der Waals surface area contributed by atoms with Gasteiger partial charge in [-0.25, -0.2) is 0 Å². The molecule has 0 radical (unpaired) electrons. The van der Waals surface area contributed by atoms with Gasteiger partial charge in [-0.05, 0) is 70.8 Å². The van der Waals surface area contributed by atoms with Crippen molar-refractivity contribution in [1.29, 1.82) is 0 Å². The molecule has 136 valence electrons. The van der Waals surface area contributed by atoms with Crippen molar-refractivity contribution in [3.63, 3.8) is 0 Å². The Morgan fingerprint density at radius 3 is 2.50 bits per heavy atom. The predicted octanol–water partition coefficient (Wildman–Crippen LogP) is 4.61. The number of hydrogen-bond donors (Lipinski definition) is 0. The van der Waals surface area contributed by atoms with Crippen LogP contribution in [-0.2, 0) is 0 Å². The number of nitrogens with zero attached hydrogens (tertiary/aromatic N) is 1. The lowest BCUT2D eigenvalue weighted by molar-refractivity contribution is 0.103. The number of fused-ring (bicyclic) bond motifs is 1. The smallest absolute Gasteiger partial charge is 0.197 e. The molecule has 0 aliphatic carbocycles. The molecule has 0 bridgehead atoms. The summed E-state index contributed by atoms with van der Waals surface area (Å²) in [6.45, 7) is 5.50. The van der Waals surface area contributed by atoms with Crippen molar-refractivity contribution < 1.29 is 13.9 Å². The number of ketones is 1. The second-order valence-electron chi connectivity index (χ2n) is 6.89. The lowest BCUT2D eigenvalue weighted by atomic mass is 9.99. The summed E-state index contributed by atoms with van der Waals surface area (Å²) in [7, 11) is 4.09. The molecule has 1 heterocycles. The highest BCUT2D eigenvalue weighted by Gasteiger charge is 2.19. The lowest BCUT2D eigenvalue weighted by Gasteiger charge is -2.10. The number of ether oxygens (including phenoxy) is 1. The molecular formula is C22H25NO3. The van der Waals surface area contributed by atoms with Gasteiger partial charge in [-0.3, -0.25) is 4.79 Å². The fourth-order valence-corrected chi connectivity index (χ4v) is 3.03. The average molecular weight is 351 g/mol. The number of hydrogen-bond acceptors (Lipinski definition) is 4. The van der Waals surface area contributed by atoms with Crippen molar-refractivity contribution in [3.8, 4) is 5.75 Å². The number of benzene rings is 2. The second-order valence-corrected chi connectivity index (χ2v) is 6.89. The van der Waals surface area contributed by atoms with Gasteiger partial charge in [0.15, 0.2) is 5.78 Å². The first-order chi connectivity index (χ1) is 12.5. The maximum atomic E-state index is 13.0. The van der Waals surface area contributed by atoms with E-state index in [4.69, 9.17) is 9.15 Å². The molecule has 0 fully saturated rings. The Kier molecular flexibility index (Phi) is 5.43. The Hall–Kier alpha value is -2.59. The van der Waals surface area contributed by atoms with Crippen LogP contribution in [0.2, 0.25) is 0 Å². The summed E-state index contributed by atoms with van der Waals surface area (Å²) in [5, 5.41) is 0.872. The topological polar surface area (TPSA) is 42.7 Å². The molecule has 0 saturated heterocycles. The third-order valence-electron chi connectivity index (χ3n) is 4.38. The van der Waals surface area contributed by atoms with Gasteiger partial charge in [-0.1, -0.05) is 11.6 Å². The molecule has 4 nitrogen and oxygen atoms in total. The summed E-state index contributed by atoms with van der Waals surface area (Å²) < 4.78 is 11.5. The van der Waals surface area contributed by atoms with Gasteiger partial charge >= 0.3 is 0 Å². The van der Waals surface area contributed by atoms with E-state index in [0.29, 0.717) is 23.5 Å². The van der Waals surface area contributed by atoms with Gasteiger partial charge in [0.1, 0.15) is 17.1 Å². The van der Waals surface area contributed by atoms with Gasteiger partial charge in [0.2, 0.25) is 0 Å². The second kappa shape index (κ2) is 7.75. The van der Waals surface area contributed by atoms with E-state index >= 15 is 0 Å². The Balaban J connectivity index is 1.76. The first kappa shape index (κ1) is 18.2. The van der Waals surface area contributed by atoms with Gasteiger partial charge in [0.05, 0.1) is 12.2 Å². The molecule has 0 unspecified atom stereocenters. The molecule has 0 aliphatic heterocycles. The Morgan fingerprint density at radius 2 is 1.81 bits per heavy atom. The van der Waals surface area contributed by atoms with Crippen LogP contribution in [0.4, 0.5) is 0 Å². The van der Waals surface area contributed by atoms with Crippen LogP contribution >= 0.6 is 0 Å². The van der Waals surface area contributed by atoms with Crippen LogP contribution in [0.3, 0.4) is 0 Å². The van der Waals surface area contributed by atoms with Crippen LogP contribution in [-0.4, -0.2) is 37.9 Å². The number of furan rings is 1. The van der Waals surface area contributed by atoms with Gasteiger partial charge in [0.25, 0.3) is 0 Å². The molecule has 4 heteroatoms. The van der Waals surface area contributed by atoms with Crippen LogP contribution in [0.1, 0.15) is 33.7 Å². The van der Waals surface area contributed by atoms with E-state index in [1.807, 2.05) is 70.4 Å². The molecule has 1 aromatic heterocycles. The van der Waals surface area contributed by atoms with Crippen molar-refractivity contribution >= 4 is 16.8 Å². The minimum absolute atomic E-state index is 0.0222. The lowest BCUT2D eigenvalue weighted by Crippen LogP contribution is -2.15. The van der Waals surface area contributed by atoms with Crippen molar-refractivity contribution in [2.75, 3.05) is 27.2 Å². The normalized spacial score (nSPS) is 11.3. The summed E-state index contributed by atoms with van der Waals surface area (Å²) in [4.78, 5) is 15.1. The quantitative estimate of drug-likeness (QED) is 0.460. The number of aryl methyl sites for hydroxylation is 2. The van der Waals surface area contributed by atoms with E-state index in [0.717, 1.165) is 35.2 Å². The largest absolute Gasteiger partial charge is 0.494 e. The number of rotatable bonds is 7. The molecule has 3 aromatic rings. The molecule has 0 spiro atoms. The zero-order valence-electron chi connectivity index (χ0n) is 15.8. The number of carbonyl (C=O) groups excluding carboxylic acids is 1. The van der Waals surface area contributed by atoms with Crippen LogP contribution < -0.4 is 4.74 Å². The first-order valence-electron chi connectivity index (χ1n) is 8.88. The third-order valence-corrected chi connectivity index (χ3v) is 4.38. The highest BCUT2D eigenvalue weighted by Crippen LogP contribution is 2.29. The van der Waals surface area contributed by atoms with E-state index in [1.54, 1.807) is 0 Å². The highest BCUT2D eigenvalue weighted by atomic mass is 16.5. The van der Waals surface area contributed by atoms with Gasteiger partial charge in [0, 0.05) is 17.5 Å². The van der Waals surface area contributed by atoms with Crippen LogP contribution in [0.15, 0.2) is 46.9 Å². The van der Waals surface area contributed by atoms with Gasteiger partial charge in [-0.15, -0.1) is 0 Å². The fourth-order valence-electron chi connectivity index (χ4n) is 3.03. The SMILES string of the molecule is Cc1ccc2oc(C)c(C(=O)c3ccc(OCCCN(C)C)cc3)c2c1. The van der Waals surface area contributed by atoms with Crippen molar-refractivity contribution in [2.45, 2.75) is 20.3 Å². The van der Waals surface area contributed by atoms with Crippen molar-refractivity contribution in [1.82, 2.24) is 4.90 Å². The van der Waals surface area contributed by atoms with Crippen LogP contribution in [0.25, 0.3) is 11.0 Å². The van der Waals surface area contributed by atoms with E-state index in [-0.39, 0.29) is 5.78 Å². The molecule has 0 saturated carbocycles.